The standard InChI is InChI=1S/C20H23NO/c1-2-16-8-10-18(11-9-16)19-12-13-21(20(22)14-19)15-17-6-4-3-5-7-17/h3-11,19H,2,12-15H2,1H3. The van der Waals surface area contributed by atoms with Gasteiger partial charge in [0.1, 0.15) is 0 Å². The number of aryl methyl sites for hydroxylation is 1. The van der Waals surface area contributed by atoms with Crippen LogP contribution in [0.1, 0.15) is 42.4 Å². The number of likely N-dealkylation sites (tertiary alicyclic amines) is 1. The summed E-state index contributed by atoms with van der Waals surface area (Å²) in [5.41, 5.74) is 3.88. The van der Waals surface area contributed by atoms with Crippen LogP contribution >= 0.6 is 0 Å². The average molecular weight is 293 g/mol. The van der Waals surface area contributed by atoms with E-state index in [1.54, 1.807) is 0 Å². The SMILES string of the molecule is CCc1ccc(C2CCN(Cc3ccccc3)C(=O)C2)cc1. The maximum atomic E-state index is 12.4. The summed E-state index contributed by atoms with van der Waals surface area (Å²) in [6.45, 7) is 3.76. The van der Waals surface area contributed by atoms with Gasteiger partial charge in [0.25, 0.3) is 0 Å². The number of piperidine rings is 1. The first kappa shape index (κ1) is 14.8. The van der Waals surface area contributed by atoms with Crippen LogP contribution in [0.5, 0.6) is 0 Å². The van der Waals surface area contributed by atoms with Gasteiger partial charge in [-0.1, -0.05) is 61.5 Å². The molecule has 114 valence electrons. The minimum absolute atomic E-state index is 0.277. The maximum Gasteiger partial charge on any atom is 0.223 e. The fraction of sp³-hybridized carbons (Fsp3) is 0.350. The van der Waals surface area contributed by atoms with Gasteiger partial charge in [0, 0.05) is 19.5 Å². The van der Waals surface area contributed by atoms with Crippen LogP contribution in [0.4, 0.5) is 0 Å². The van der Waals surface area contributed by atoms with Crippen molar-refractivity contribution < 1.29 is 4.79 Å². The van der Waals surface area contributed by atoms with E-state index in [1.165, 1.54) is 16.7 Å². The molecule has 1 atom stereocenters. The highest BCUT2D eigenvalue weighted by atomic mass is 16.2. The minimum Gasteiger partial charge on any atom is -0.338 e. The monoisotopic (exact) mass is 293 g/mol. The van der Waals surface area contributed by atoms with Crippen LogP contribution in [-0.2, 0) is 17.8 Å². The molecule has 0 radical (unpaired) electrons. The molecule has 0 aromatic heterocycles. The summed E-state index contributed by atoms with van der Waals surface area (Å²) in [4.78, 5) is 14.4. The number of carbonyl (C=O) groups is 1. The normalized spacial score (nSPS) is 18.5. The van der Waals surface area contributed by atoms with E-state index in [0.29, 0.717) is 12.3 Å². The van der Waals surface area contributed by atoms with E-state index in [0.717, 1.165) is 25.9 Å². The molecule has 2 aromatic carbocycles. The molecule has 0 spiro atoms. The van der Waals surface area contributed by atoms with Crippen molar-refractivity contribution in [3.05, 3.63) is 71.3 Å². The zero-order valence-corrected chi connectivity index (χ0v) is 13.2. The molecule has 1 amide bonds. The number of amides is 1. The third-order valence-electron chi connectivity index (χ3n) is 4.60. The number of benzene rings is 2. The second-order valence-corrected chi connectivity index (χ2v) is 6.09. The van der Waals surface area contributed by atoms with Crippen molar-refractivity contribution in [3.63, 3.8) is 0 Å². The molecule has 1 saturated heterocycles. The lowest BCUT2D eigenvalue weighted by Crippen LogP contribution is -2.37. The largest absolute Gasteiger partial charge is 0.338 e. The molecular formula is C20H23NO. The third-order valence-corrected chi connectivity index (χ3v) is 4.60. The summed E-state index contributed by atoms with van der Waals surface area (Å²) in [7, 11) is 0. The lowest BCUT2D eigenvalue weighted by Gasteiger charge is -2.32. The van der Waals surface area contributed by atoms with Crippen molar-refractivity contribution in [1.82, 2.24) is 4.90 Å². The number of rotatable bonds is 4. The van der Waals surface area contributed by atoms with Gasteiger partial charge in [0.15, 0.2) is 0 Å². The molecule has 1 aliphatic rings. The Hall–Kier alpha value is -2.09. The van der Waals surface area contributed by atoms with Crippen molar-refractivity contribution in [3.8, 4) is 0 Å². The Morgan fingerprint density at radius 3 is 2.36 bits per heavy atom. The van der Waals surface area contributed by atoms with Crippen molar-refractivity contribution in [1.29, 1.82) is 0 Å². The molecule has 2 nitrogen and oxygen atoms in total. The lowest BCUT2D eigenvalue weighted by molar-refractivity contribution is -0.134. The molecule has 2 aromatic rings. The molecule has 1 heterocycles. The van der Waals surface area contributed by atoms with Crippen molar-refractivity contribution >= 4 is 5.91 Å². The van der Waals surface area contributed by atoms with Gasteiger partial charge >= 0.3 is 0 Å². The number of nitrogens with zero attached hydrogens (tertiary/aromatic N) is 1. The topological polar surface area (TPSA) is 20.3 Å². The molecule has 0 N–H and O–H groups in total. The van der Waals surface area contributed by atoms with Gasteiger partial charge in [0.05, 0.1) is 0 Å². The predicted molar refractivity (Wildman–Crippen MR) is 89.7 cm³/mol. The van der Waals surface area contributed by atoms with Crippen LogP contribution in [-0.4, -0.2) is 17.4 Å². The Balaban J connectivity index is 1.63. The van der Waals surface area contributed by atoms with Gasteiger partial charge in [0.2, 0.25) is 5.91 Å². The summed E-state index contributed by atoms with van der Waals surface area (Å²) >= 11 is 0. The van der Waals surface area contributed by atoms with Gasteiger partial charge in [-0.05, 0) is 35.4 Å². The fourth-order valence-electron chi connectivity index (χ4n) is 3.16. The summed E-state index contributed by atoms with van der Waals surface area (Å²) in [6.07, 6.45) is 2.76. The Kier molecular flexibility index (Phi) is 4.57. The molecule has 0 saturated carbocycles. The highest BCUT2D eigenvalue weighted by Gasteiger charge is 2.26. The van der Waals surface area contributed by atoms with Gasteiger partial charge in [-0.25, -0.2) is 0 Å². The molecule has 0 bridgehead atoms. The van der Waals surface area contributed by atoms with E-state index < -0.39 is 0 Å². The molecule has 2 heteroatoms. The van der Waals surface area contributed by atoms with E-state index in [1.807, 2.05) is 23.1 Å². The quantitative estimate of drug-likeness (QED) is 0.829. The molecule has 1 aliphatic heterocycles. The fourth-order valence-corrected chi connectivity index (χ4v) is 3.16. The van der Waals surface area contributed by atoms with E-state index in [-0.39, 0.29) is 5.91 Å². The zero-order chi connectivity index (χ0) is 15.4. The average Bonchev–Trinajstić information content (AvgIpc) is 2.58. The predicted octanol–water partition coefficient (Wildman–Crippen LogP) is 4.16. The zero-order valence-electron chi connectivity index (χ0n) is 13.2. The number of hydrogen-bond acceptors (Lipinski definition) is 1. The Bertz CT molecular complexity index is 618. The third kappa shape index (κ3) is 3.38. The first-order valence-corrected chi connectivity index (χ1v) is 8.17. The van der Waals surface area contributed by atoms with Gasteiger partial charge in [-0.15, -0.1) is 0 Å². The smallest absolute Gasteiger partial charge is 0.223 e. The minimum atomic E-state index is 0.277. The number of hydrogen-bond donors (Lipinski definition) is 0. The van der Waals surface area contributed by atoms with Crippen LogP contribution < -0.4 is 0 Å². The van der Waals surface area contributed by atoms with Gasteiger partial charge in [-0.3, -0.25) is 4.79 Å². The van der Waals surface area contributed by atoms with Crippen molar-refractivity contribution in [2.24, 2.45) is 0 Å². The molecule has 22 heavy (non-hydrogen) atoms. The highest BCUT2D eigenvalue weighted by Crippen LogP contribution is 2.29. The van der Waals surface area contributed by atoms with E-state index >= 15 is 0 Å². The molecule has 0 aliphatic carbocycles. The van der Waals surface area contributed by atoms with Gasteiger partial charge in [-0.2, -0.15) is 0 Å². The first-order valence-electron chi connectivity index (χ1n) is 8.17. The van der Waals surface area contributed by atoms with E-state index in [4.69, 9.17) is 0 Å². The Labute approximate surface area is 132 Å². The second kappa shape index (κ2) is 6.78. The van der Waals surface area contributed by atoms with Crippen LogP contribution in [0.15, 0.2) is 54.6 Å². The second-order valence-electron chi connectivity index (χ2n) is 6.09. The van der Waals surface area contributed by atoms with Crippen molar-refractivity contribution in [2.45, 2.75) is 38.6 Å². The molecule has 1 unspecified atom stereocenters. The van der Waals surface area contributed by atoms with E-state index in [9.17, 15) is 4.79 Å². The molecule has 1 fully saturated rings. The summed E-state index contributed by atoms with van der Waals surface area (Å²) in [5.74, 6) is 0.658. The van der Waals surface area contributed by atoms with Crippen molar-refractivity contribution in [2.75, 3.05) is 6.54 Å². The van der Waals surface area contributed by atoms with Crippen LogP contribution in [0, 0.1) is 0 Å². The number of carbonyl (C=O) groups excluding carboxylic acids is 1. The van der Waals surface area contributed by atoms with Gasteiger partial charge < -0.3 is 4.90 Å². The highest BCUT2D eigenvalue weighted by molar-refractivity contribution is 5.78. The summed E-state index contributed by atoms with van der Waals surface area (Å²) in [6, 6.07) is 19.0. The lowest BCUT2D eigenvalue weighted by atomic mass is 9.88. The van der Waals surface area contributed by atoms with E-state index in [2.05, 4.69) is 43.3 Å². The molecular weight excluding hydrogens is 270 g/mol. The molecule has 3 rings (SSSR count). The Morgan fingerprint density at radius 1 is 1.00 bits per heavy atom. The van der Waals surface area contributed by atoms with Crippen LogP contribution in [0.3, 0.4) is 0 Å². The Morgan fingerprint density at radius 2 is 1.73 bits per heavy atom. The summed E-state index contributed by atoms with van der Waals surface area (Å²) in [5, 5.41) is 0. The summed E-state index contributed by atoms with van der Waals surface area (Å²) < 4.78 is 0. The van der Waals surface area contributed by atoms with Crippen LogP contribution in [0.2, 0.25) is 0 Å². The van der Waals surface area contributed by atoms with Crippen LogP contribution in [0.25, 0.3) is 0 Å². The first-order chi connectivity index (χ1) is 10.8. The maximum absolute atomic E-state index is 12.4.